The molecule has 0 aliphatic rings. The van der Waals surface area contributed by atoms with Gasteiger partial charge in [-0.3, -0.25) is 9.34 Å². The van der Waals surface area contributed by atoms with Crippen molar-refractivity contribution in [1.82, 2.24) is 9.34 Å². The molecule has 0 saturated heterocycles. The van der Waals surface area contributed by atoms with Crippen LogP contribution in [0.2, 0.25) is 0 Å². The summed E-state index contributed by atoms with van der Waals surface area (Å²) in [5, 5.41) is 9.81. The summed E-state index contributed by atoms with van der Waals surface area (Å²) < 4.78 is 4.91. The van der Waals surface area contributed by atoms with Gasteiger partial charge in [-0.1, -0.05) is 0 Å². The number of aliphatic hydroxyl groups is 1. The van der Waals surface area contributed by atoms with Gasteiger partial charge in [-0.25, -0.2) is 0 Å². The van der Waals surface area contributed by atoms with E-state index >= 15 is 0 Å². The van der Waals surface area contributed by atoms with Crippen LogP contribution in [0.3, 0.4) is 0 Å². The molecule has 0 atom stereocenters. The van der Waals surface area contributed by atoms with E-state index < -0.39 is 8.22 Å². The molecule has 0 bridgehead atoms. The second-order valence-electron chi connectivity index (χ2n) is 5.65. The minimum Gasteiger partial charge on any atom is -0.389 e. The molecule has 0 fully saturated rings. The van der Waals surface area contributed by atoms with Crippen molar-refractivity contribution in [3.05, 3.63) is 0 Å². The first-order valence-electron chi connectivity index (χ1n) is 6.68. The van der Waals surface area contributed by atoms with E-state index in [1.54, 1.807) is 0 Å². The number of rotatable bonds is 7. The van der Waals surface area contributed by atoms with Crippen LogP contribution in [0.25, 0.3) is 0 Å². The lowest BCUT2D eigenvalue weighted by molar-refractivity contribution is 0.236. The minimum atomic E-state index is -0.621. The van der Waals surface area contributed by atoms with Crippen molar-refractivity contribution >= 4 is 8.22 Å². The average Bonchev–Trinajstić information content (AvgIpc) is 2.13. The molecule has 0 aliphatic heterocycles. The summed E-state index contributed by atoms with van der Waals surface area (Å²) in [7, 11) is -0.621. The molecular formula is C13H31N2OP. The lowest BCUT2D eigenvalue weighted by Crippen LogP contribution is -2.43. The number of hydrogen-bond donors (Lipinski definition) is 1. The third kappa shape index (κ3) is 4.82. The van der Waals surface area contributed by atoms with Crippen LogP contribution >= 0.6 is 8.22 Å². The van der Waals surface area contributed by atoms with Gasteiger partial charge in [0.25, 0.3) is 0 Å². The second kappa shape index (κ2) is 7.68. The third-order valence-electron chi connectivity index (χ3n) is 2.78. The Labute approximate surface area is 109 Å². The van der Waals surface area contributed by atoms with Gasteiger partial charge < -0.3 is 5.11 Å². The van der Waals surface area contributed by atoms with E-state index in [0.717, 1.165) is 0 Å². The molecule has 0 amide bonds. The van der Waals surface area contributed by atoms with Gasteiger partial charge in [0.1, 0.15) is 0 Å². The molecule has 0 rings (SSSR count). The maximum Gasteiger partial charge on any atom is 0.0900 e. The van der Waals surface area contributed by atoms with Crippen LogP contribution in [0.1, 0.15) is 55.4 Å². The zero-order valence-corrected chi connectivity index (χ0v) is 13.7. The number of aliphatic hydroxyl groups excluding tert-OH is 1. The highest BCUT2D eigenvalue weighted by atomic mass is 31.1. The summed E-state index contributed by atoms with van der Waals surface area (Å²) >= 11 is 0. The molecule has 0 heterocycles. The normalized spacial score (nSPS) is 13.4. The first-order valence-corrected chi connectivity index (χ1v) is 8.12. The van der Waals surface area contributed by atoms with E-state index in [4.69, 9.17) is 0 Å². The van der Waals surface area contributed by atoms with Crippen LogP contribution < -0.4 is 0 Å². The van der Waals surface area contributed by atoms with E-state index in [1.807, 2.05) is 0 Å². The molecule has 0 aromatic rings. The Bertz CT molecular complexity index is 172. The van der Waals surface area contributed by atoms with Gasteiger partial charge in [0.05, 0.1) is 14.6 Å². The summed E-state index contributed by atoms with van der Waals surface area (Å²) in [5.74, 6) is 0. The van der Waals surface area contributed by atoms with Gasteiger partial charge in [-0.15, -0.1) is 0 Å². The van der Waals surface area contributed by atoms with Gasteiger partial charge in [0, 0.05) is 24.2 Å². The van der Waals surface area contributed by atoms with E-state index in [0.29, 0.717) is 24.2 Å². The summed E-state index contributed by atoms with van der Waals surface area (Å²) in [6.07, 6.45) is 0.252. The van der Waals surface area contributed by atoms with Crippen LogP contribution in [0.5, 0.6) is 0 Å². The minimum absolute atomic E-state index is 0.252. The van der Waals surface area contributed by atoms with Gasteiger partial charge in [-0.2, -0.15) is 0 Å². The maximum absolute atomic E-state index is 9.81. The third-order valence-corrected chi connectivity index (χ3v) is 5.94. The Morgan fingerprint density at radius 1 is 0.706 bits per heavy atom. The summed E-state index contributed by atoms with van der Waals surface area (Å²) in [6.45, 7) is 17.7. The molecule has 0 saturated carbocycles. The first-order chi connectivity index (χ1) is 7.73. The van der Waals surface area contributed by atoms with Crippen LogP contribution in [0.15, 0.2) is 0 Å². The Kier molecular flexibility index (Phi) is 7.82. The van der Waals surface area contributed by atoms with Gasteiger partial charge >= 0.3 is 0 Å². The smallest absolute Gasteiger partial charge is 0.0900 e. The molecule has 0 spiro atoms. The SMILES string of the molecule is CC(C)N(C(C)C)P(CO)N(C(C)C)C(C)C. The van der Waals surface area contributed by atoms with Gasteiger partial charge in [-0.05, 0) is 55.4 Å². The summed E-state index contributed by atoms with van der Waals surface area (Å²) in [4.78, 5) is 0. The summed E-state index contributed by atoms with van der Waals surface area (Å²) in [6, 6.07) is 1.86. The highest BCUT2D eigenvalue weighted by Crippen LogP contribution is 2.48. The predicted octanol–water partition coefficient (Wildman–Crippen LogP) is 3.49. The Morgan fingerprint density at radius 2 is 0.941 bits per heavy atom. The van der Waals surface area contributed by atoms with Crippen molar-refractivity contribution in [3.63, 3.8) is 0 Å². The molecule has 3 nitrogen and oxygen atoms in total. The van der Waals surface area contributed by atoms with Crippen LogP contribution in [0.4, 0.5) is 0 Å². The molecule has 0 aromatic heterocycles. The van der Waals surface area contributed by atoms with Crippen LogP contribution in [-0.4, -0.2) is 45.0 Å². The maximum atomic E-state index is 9.81. The lowest BCUT2D eigenvalue weighted by Gasteiger charge is -2.46. The number of nitrogens with zero attached hydrogens (tertiary/aromatic N) is 2. The summed E-state index contributed by atoms with van der Waals surface area (Å²) in [5.41, 5.74) is 0. The molecule has 0 unspecified atom stereocenters. The van der Waals surface area contributed by atoms with Crippen molar-refractivity contribution in [1.29, 1.82) is 0 Å². The highest BCUT2D eigenvalue weighted by Gasteiger charge is 2.31. The predicted molar refractivity (Wildman–Crippen MR) is 78.2 cm³/mol. The molecule has 0 radical (unpaired) electrons. The topological polar surface area (TPSA) is 26.7 Å². The van der Waals surface area contributed by atoms with Crippen molar-refractivity contribution in [2.45, 2.75) is 79.6 Å². The molecule has 17 heavy (non-hydrogen) atoms. The Morgan fingerprint density at radius 3 is 1.06 bits per heavy atom. The van der Waals surface area contributed by atoms with Crippen molar-refractivity contribution < 1.29 is 5.11 Å². The fraction of sp³-hybridized carbons (Fsp3) is 1.00. The van der Waals surface area contributed by atoms with E-state index in [1.165, 1.54) is 0 Å². The largest absolute Gasteiger partial charge is 0.389 e. The van der Waals surface area contributed by atoms with Crippen molar-refractivity contribution in [2.75, 3.05) is 6.35 Å². The van der Waals surface area contributed by atoms with E-state index in [-0.39, 0.29) is 6.35 Å². The molecule has 0 aromatic carbocycles. The second-order valence-corrected chi connectivity index (χ2v) is 7.60. The zero-order valence-electron chi connectivity index (χ0n) is 12.8. The zero-order chi connectivity index (χ0) is 13.7. The molecule has 1 N–H and O–H groups in total. The molecule has 4 heteroatoms. The van der Waals surface area contributed by atoms with Crippen molar-refractivity contribution in [2.24, 2.45) is 0 Å². The Balaban J connectivity index is 5.11. The molecular weight excluding hydrogens is 231 g/mol. The highest BCUT2D eigenvalue weighted by molar-refractivity contribution is 7.52. The first kappa shape index (κ1) is 17.3. The Hall–Kier alpha value is 0.310. The van der Waals surface area contributed by atoms with Gasteiger partial charge in [0.15, 0.2) is 0 Å². The fourth-order valence-corrected chi connectivity index (χ4v) is 5.19. The fourth-order valence-electron chi connectivity index (χ4n) is 2.52. The lowest BCUT2D eigenvalue weighted by atomic mass is 10.3. The quantitative estimate of drug-likeness (QED) is 0.711. The molecule has 0 aliphatic carbocycles. The monoisotopic (exact) mass is 262 g/mol. The van der Waals surface area contributed by atoms with E-state index in [2.05, 4.69) is 64.7 Å². The molecule has 104 valence electrons. The number of hydrogen-bond acceptors (Lipinski definition) is 3. The van der Waals surface area contributed by atoms with Gasteiger partial charge in [0.2, 0.25) is 0 Å². The van der Waals surface area contributed by atoms with E-state index in [9.17, 15) is 5.11 Å². The average molecular weight is 262 g/mol. The standard InChI is InChI=1S/C13H31N2OP/c1-10(2)14(11(3)4)17(9-16)15(12(5)6)13(7)8/h10-13,16H,9H2,1-8H3. The van der Waals surface area contributed by atoms with Crippen LogP contribution in [0, 0.1) is 0 Å². The van der Waals surface area contributed by atoms with Crippen molar-refractivity contribution in [3.8, 4) is 0 Å². The van der Waals surface area contributed by atoms with Crippen LogP contribution in [-0.2, 0) is 0 Å².